The van der Waals surface area contributed by atoms with Crippen LogP contribution in [0.2, 0.25) is 0 Å². The fourth-order valence-electron chi connectivity index (χ4n) is 17.8. The van der Waals surface area contributed by atoms with Crippen LogP contribution in [-0.4, -0.2) is 210 Å². The number of nitrogens with one attached hydrogen (secondary N) is 4. The first-order valence-electron chi connectivity index (χ1n) is 40.6. The molecular formula is C88H98N22O3. The standard InChI is InChI=1S/C88H98N22O3/c1-102-29-31-106(32-30-102)57-72-16-15-71(51-94-72)95-87(112)84-79-40-67(70-35-62(43-91-48-70)54-105-25-8-9-26-105)14-19-82(79)110(101-84)76-20-28-108(59-76)56-64-37-74(50-93-45-64)97-88(113)85-78-39-66(69-34-61(42-90-47-69)53-104-23-6-3-7-24-104)13-18-81(78)109(100-85)75-11-10-27-107(58-75)55-63-36-73(49-92-44-63)96-86(111)83-77-38-65(12-17-80(77)98-99-83)68-33-60(41-89-46-68)52-103-21-4-2-5-22-103/h12-19,33-51,75-76H,2-11,20-32,52-59H2,1H3,(H,95,112)(H,96,111)(H,97,113)(H,98,99). The zero-order chi connectivity index (χ0) is 76.1. The lowest BCUT2D eigenvalue weighted by molar-refractivity contribution is 0.101. The maximum Gasteiger partial charge on any atom is 0.276 e. The van der Waals surface area contributed by atoms with Gasteiger partial charge < -0.3 is 20.9 Å². The highest BCUT2D eigenvalue weighted by Gasteiger charge is 2.32. The van der Waals surface area contributed by atoms with E-state index in [4.69, 9.17) is 30.1 Å². The Morgan fingerprint density at radius 1 is 0.363 bits per heavy atom. The summed E-state index contributed by atoms with van der Waals surface area (Å²) >= 11 is 0. The van der Waals surface area contributed by atoms with Gasteiger partial charge in [0.1, 0.15) is 0 Å². The predicted octanol–water partition coefficient (Wildman–Crippen LogP) is 13.0. The maximum atomic E-state index is 15.2. The van der Waals surface area contributed by atoms with Gasteiger partial charge in [0.05, 0.1) is 70.0 Å². The Hall–Kier alpha value is -10.9. The molecular weight excluding hydrogens is 1410 g/mol. The second-order valence-electron chi connectivity index (χ2n) is 32.1. The number of benzene rings is 3. The van der Waals surface area contributed by atoms with Gasteiger partial charge in [-0.05, 0) is 234 Å². The molecule has 2 atom stereocenters. The second-order valence-corrected chi connectivity index (χ2v) is 32.1. The number of carbonyl (C=O) groups excluding carboxylic acids is 3. The van der Waals surface area contributed by atoms with Crippen LogP contribution in [0, 0.1) is 0 Å². The number of likely N-dealkylation sites (N-methyl/N-ethyl adjacent to an activating group) is 1. The monoisotopic (exact) mass is 1510 g/mol. The average Bonchev–Trinajstić information content (AvgIpc) is 1.62. The van der Waals surface area contributed by atoms with Crippen LogP contribution in [0.3, 0.4) is 0 Å². The van der Waals surface area contributed by atoms with E-state index in [0.717, 1.165) is 212 Å². The summed E-state index contributed by atoms with van der Waals surface area (Å²) in [6, 6.07) is 33.2. The third-order valence-corrected chi connectivity index (χ3v) is 23.7. The Labute approximate surface area is 658 Å². The number of carbonyl (C=O) groups is 3. The van der Waals surface area contributed by atoms with Crippen molar-refractivity contribution in [3.05, 3.63) is 216 Å². The largest absolute Gasteiger partial charge is 0.319 e. The summed E-state index contributed by atoms with van der Waals surface area (Å²) in [4.78, 5) is 89.2. The number of amides is 3. The average molecular weight is 1510 g/mol. The first kappa shape index (κ1) is 73.6. The third-order valence-electron chi connectivity index (χ3n) is 23.7. The number of fused-ring (bicyclic) bond motifs is 3. The number of aromatic amines is 1. The summed E-state index contributed by atoms with van der Waals surface area (Å²) < 4.78 is 4.12. The number of aromatic nitrogens is 12. The summed E-state index contributed by atoms with van der Waals surface area (Å²) in [6.07, 6.45) is 32.9. The summed E-state index contributed by atoms with van der Waals surface area (Å²) in [5, 5.41) is 29.8. The van der Waals surface area contributed by atoms with Crippen molar-refractivity contribution >= 4 is 67.5 Å². The van der Waals surface area contributed by atoms with Gasteiger partial charge in [-0.1, -0.05) is 31.0 Å². The summed E-state index contributed by atoms with van der Waals surface area (Å²) in [5.74, 6) is -0.954. The fourth-order valence-corrected chi connectivity index (χ4v) is 17.8. The molecule has 4 N–H and O–H groups in total. The van der Waals surface area contributed by atoms with Gasteiger partial charge >= 0.3 is 0 Å². The number of anilines is 3. The van der Waals surface area contributed by atoms with Crippen LogP contribution in [-0.2, 0) is 39.3 Å². The normalized spacial score (nSPS) is 18.7. The lowest BCUT2D eigenvalue weighted by atomic mass is 10.0. The van der Waals surface area contributed by atoms with Gasteiger partial charge in [0.2, 0.25) is 0 Å². The number of likely N-dealkylation sites (tertiary alicyclic amines) is 5. The summed E-state index contributed by atoms with van der Waals surface area (Å²) in [7, 11) is 2.16. The molecule has 25 heteroatoms. The number of H-pyrrole nitrogens is 1. The van der Waals surface area contributed by atoms with E-state index in [-0.39, 0.29) is 29.8 Å². The van der Waals surface area contributed by atoms with Crippen molar-refractivity contribution in [2.24, 2.45) is 0 Å². The van der Waals surface area contributed by atoms with Gasteiger partial charge in [0, 0.05) is 168 Å². The van der Waals surface area contributed by atoms with Crippen molar-refractivity contribution in [3.8, 4) is 33.4 Å². The van der Waals surface area contributed by atoms with Crippen molar-refractivity contribution in [2.75, 3.05) is 115 Å². The summed E-state index contributed by atoms with van der Waals surface area (Å²) in [6.45, 7) is 18.1. The number of hydrogen-bond donors (Lipinski definition) is 4. The Kier molecular flexibility index (Phi) is 21.8. The van der Waals surface area contributed by atoms with E-state index in [0.29, 0.717) is 60.3 Å². The SMILES string of the molecule is CN1CCN(Cc2ccc(NC(=O)c3nn(C4CCN(Cc5cncc(NC(=O)c6nn(C7CCCN(Cc8cncc(NC(=O)c9n[nH]c%10ccc(-c%11cncc(CN%12CCCCC%12)c%11)cc9%10)c8)C7)c7ccc(-c8cncc(CN9CCCCC9)c8)cc67)c5)C4)c4ccc(-c5cncc(CN6CCCC6)c5)cc34)cn2)CC1. The van der Waals surface area contributed by atoms with Crippen molar-refractivity contribution < 1.29 is 14.4 Å². The highest BCUT2D eigenvalue weighted by molar-refractivity contribution is 6.14. The molecule has 2 unspecified atom stereocenters. The molecule has 18 rings (SSSR count). The Morgan fingerprint density at radius 2 is 0.788 bits per heavy atom. The lowest BCUT2D eigenvalue weighted by Crippen LogP contribution is -2.43. The zero-order valence-corrected chi connectivity index (χ0v) is 64.4. The predicted molar refractivity (Wildman–Crippen MR) is 440 cm³/mol. The number of pyridine rings is 6. The Morgan fingerprint density at radius 3 is 1.30 bits per heavy atom. The minimum Gasteiger partial charge on any atom is -0.319 e. The van der Waals surface area contributed by atoms with Crippen LogP contribution in [0.15, 0.2) is 165 Å². The minimum absolute atomic E-state index is 0.0331. The van der Waals surface area contributed by atoms with Gasteiger partial charge in [-0.2, -0.15) is 15.3 Å². The number of hydrogen-bond acceptors (Lipinski definition) is 19. The second kappa shape index (κ2) is 33.4. The van der Waals surface area contributed by atoms with Crippen LogP contribution in [0.5, 0.6) is 0 Å². The molecule has 0 bridgehead atoms. The number of piperidine rings is 3. The van der Waals surface area contributed by atoms with E-state index in [1.54, 1.807) is 18.6 Å². The van der Waals surface area contributed by atoms with Crippen LogP contribution in [0.1, 0.15) is 148 Å². The van der Waals surface area contributed by atoms with Crippen LogP contribution >= 0.6 is 0 Å². The fraction of sp³-hybridized carbons (Fsp3) is 0.386. The van der Waals surface area contributed by atoms with Gasteiger partial charge in [0.15, 0.2) is 17.1 Å². The van der Waals surface area contributed by atoms with Crippen molar-refractivity contribution in [1.29, 1.82) is 0 Å². The molecule has 113 heavy (non-hydrogen) atoms. The molecule has 6 aliphatic rings. The van der Waals surface area contributed by atoms with E-state index in [1.807, 2.05) is 92.0 Å². The van der Waals surface area contributed by atoms with Crippen LogP contribution in [0.4, 0.5) is 17.1 Å². The maximum absolute atomic E-state index is 15.2. The van der Waals surface area contributed by atoms with E-state index in [9.17, 15) is 9.59 Å². The van der Waals surface area contributed by atoms with E-state index in [1.165, 1.54) is 62.5 Å². The smallest absolute Gasteiger partial charge is 0.276 e. The molecule has 578 valence electrons. The van der Waals surface area contributed by atoms with E-state index < -0.39 is 0 Å². The first-order valence-corrected chi connectivity index (χ1v) is 40.6. The Bertz CT molecular complexity index is 5420. The molecule has 6 aliphatic heterocycles. The molecule has 9 aromatic heterocycles. The molecule has 25 nitrogen and oxygen atoms in total. The lowest BCUT2D eigenvalue weighted by Gasteiger charge is -2.33. The van der Waals surface area contributed by atoms with Gasteiger partial charge in [0.25, 0.3) is 17.7 Å². The highest BCUT2D eigenvalue weighted by Crippen LogP contribution is 2.37. The first-order chi connectivity index (χ1) is 55.5. The molecule has 0 saturated carbocycles. The molecule has 6 saturated heterocycles. The van der Waals surface area contributed by atoms with Crippen LogP contribution < -0.4 is 16.0 Å². The molecule has 12 aromatic rings. The van der Waals surface area contributed by atoms with Gasteiger partial charge in [-0.25, -0.2) is 0 Å². The number of rotatable bonds is 23. The molecule has 0 spiro atoms. The van der Waals surface area contributed by atoms with Crippen molar-refractivity contribution in [3.63, 3.8) is 0 Å². The van der Waals surface area contributed by atoms with Crippen LogP contribution in [0.25, 0.3) is 66.1 Å². The summed E-state index contributed by atoms with van der Waals surface area (Å²) in [5.41, 5.74) is 17.5. The molecule has 3 amide bonds. The highest BCUT2D eigenvalue weighted by atomic mass is 16.2. The van der Waals surface area contributed by atoms with Crippen molar-refractivity contribution in [1.82, 2.24) is 94.0 Å². The topological polar surface area (TPSA) is 252 Å². The van der Waals surface area contributed by atoms with E-state index >= 15 is 4.79 Å². The molecule has 6 fully saturated rings. The quantitative estimate of drug-likeness (QED) is 0.0464. The zero-order valence-electron chi connectivity index (χ0n) is 64.4. The molecule has 15 heterocycles. The number of piperazine rings is 1. The molecule has 0 aliphatic carbocycles. The van der Waals surface area contributed by atoms with E-state index in [2.05, 4.69) is 141 Å². The Balaban J connectivity index is 0.569. The third kappa shape index (κ3) is 17.1. The molecule has 3 aromatic carbocycles. The molecule has 0 radical (unpaired) electrons. The van der Waals surface area contributed by atoms with Crippen molar-refractivity contribution in [2.45, 2.75) is 122 Å². The number of nitrogens with zero attached hydrogens (tertiary/aromatic N) is 18. The minimum atomic E-state index is -0.331. The van der Waals surface area contributed by atoms with Gasteiger partial charge in [-0.3, -0.25) is 88.1 Å². The van der Waals surface area contributed by atoms with Gasteiger partial charge in [-0.15, -0.1) is 0 Å².